The van der Waals surface area contributed by atoms with Crippen LogP contribution in [0.3, 0.4) is 0 Å². The molecule has 0 atom stereocenters. The molecule has 0 aliphatic rings. The van der Waals surface area contributed by atoms with Crippen molar-refractivity contribution in [2.45, 2.75) is 26.9 Å². The van der Waals surface area contributed by atoms with Crippen molar-refractivity contribution >= 4 is 0 Å². The van der Waals surface area contributed by atoms with Gasteiger partial charge in [0.15, 0.2) is 11.5 Å². The Labute approximate surface area is 97.3 Å². The van der Waals surface area contributed by atoms with Crippen LogP contribution in [0.4, 0.5) is 0 Å². The Morgan fingerprint density at radius 2 is 1.62 bits per heavy atom. The monoisotopic (exact) mass is 224 g/mol. The van der Waals surface area contributed by atoms with Crippen LogP contribution in [0.5, 0.6) is 11.5 Å². The highest BCUT2D eigenvalue weighted by molar-refractivity contribution is 5.39. The van der Waals surface area contributed by atoms with Crippen LogP contribution < -0.4 is 9.47 Å². The Morgan fingerprint density at radius 3 is 2.19 bits per heavy atom. The van der Waals surface area contributed by atoms with Gasteiger partial charge >= 0.3 is 0 Å². The van der Waals surface area contributed by atoms with Crippen molar-refractivity contribution < 1.29 is 14.2 Å². The van der Waals surface area contributed by atoms with Crippen LogP contribution in [-0.4, -0.2) is 25.9 Å². The predicted octanol–water partition coefficient (Wildman–Crippen LogP) is 2.89. The summed E-state index contributed by atoms with van der Waals surface area (Å²) in [4.78, 5) is 0. The Kier molecular flexibility index (Phi) is 5.72. The molecule has 1 aromatic rings. The van der Waals surface area contributed by atoms with Gasteiger partial charge in [0.25, 0.3) is 0 Å². The van der Waals surface area contributed by atoms with E-state index in [-0.39, 0.29) is 6.10 Å². The van der Waals surface area contributed by atoms with E-state index < -0.39 is 0 Å². The molecule has 0 spiro atoms. The van der Waals surface area contributed by atoms with Crippen molar-refractivity contribution in [2.75, 3.05) is 19.8 Å². The van der Waals surface area contributed by atoms with E-state index in [1.54, 1.807) is 0 Å². The van der Waals surface area contributed by atoms with E-state index in [4.69, 9.17) is 14.2 Å². The summed E-state index contributed by atoms with van der Waals surface area (Å²) in [5.74, 6) is 1.56. The predicted molar refractivity (Wildman–Crippen MR) is 64.2 cm³/mol. The van der Waals surface area contributed by atoms with Crippen LogP contribution in [0, 0.1) is 0 Å². The van der Waals surface area contributed by atoms with Gasteiger partial charge in [-0.1, -0.05) is 12.1 Å². The van der Waals surface area contributed by atoms with Crippen molar-refractivity contribution in [3.63, 3.8) is 0 Å². The molecule has 3 nitrogen and oxygen atoms in total. The average molecular weight is 224 g/mol. The second-order valence-electron chi connectivity index (χ2n) is 3.65. The maximum atomic E-state index is 5.59. The first-order chi connectivity index (χ1) is 7.74. The lowest BCUT2D eigenvalue weighted by molar-refractivity contribution is 0.0545. The van der Waals surface area contributed by atoms with Crippen LogP contribution in [0.1, 0.15) is 20.8 Å². The van der Waals surface area contributed by atoms with Crippen molar-refractivity contribution in [1.82, 2.24) is 0 Å². The number of rotatable bonds is 7. The Hall–Kier alpha value is -1.22. The summed E-state index contributed by atoms with van der Waals surface area (Å²) in [5, 5.41) is 0. The highest BCUT2D eigenvalue weighted by atomic mass is 16.5. The number of benzene rings is 1. The highest BCUT2D eigenvalue weighted by Crippen LogP contribution is 2.26. The first kappa shape index (κ1) is 12.8. The highest BCUT2D eigenvalue weighted by Gasteiger charge is 2.03. The molecule has 0 aliphatic carbocycles. The van der Waals surface area contributed by atoms with Gasteiger partial charge in [0, 0.05) is 0 Å². The quantitative estimate of drug-likeness (QED) is 0.666. The van der Waals surface area contributed by atoms with Gasteiger partial charge < -0.3 is 14.2 Å². The molecule has 0 aliphatic heterocycles. The maximum Gasteiger partial charge on any atom is 0.161 e. The van der Waals surface area contributed by atoms with Crippen LogP contribution in [0.2, 0.25) is 0 Å². The molecule has 3 heteroatoms. The molecule has 0 N–H and O–H groups in total. The normalized spacial score (nSPS) is 10.5. The fourth-order valence-corrected chi connectivity index (χ4v) is 1.28. The fourth-order valence-electron chi connectivity index (χ4n) is 1.28. The summed E-state index contributed by atoms with van der Waals surface area (Å²) in [6, 6.07) is 7.67. The van der Waals surface area contributed by atoms with Crippen LogP contribution >= 0.6 is 0 Å². The molecule has 0 bridgehead atoms. The van der Waals surface area contributed by atoms with Crippen molar-refractivity contribution in [1.29, 1.82) is 0 Å². The van der Waals surface area contributed by atoms with Crippen molar-refractivity contribution in [2.24, 2.45) is 0 Å². The van der Waals surface area contributed by atoms with E-state index in [0.717, 1.165) is 11.5 Å². The van der Waals surface area contributed by atoms with E-state index in [1.807, 2.05) is 45.0 Å². The zero-order chi connectivity index (χ0) is 11.8. The second kappa shape index (κ2) is 7.12. The van der Waals surface area contributed by atoms with Crippen LogP contribution in [-0.2, 0) is 4.74 Å². The molecule has 0 amide bonds. The van der Waals surface area contributed by atoms with E-state index in [1.165, 1.54) is 0 Å². The molecule has 0 fully saturated rings. The molecule has 0 aromatic heterocycles. The molecule has 1 aromatic carbocycles. The van der Waals surface area contributed by atoms with Crippen molar-refractivity contribution in [3.05, 3.63) is 24.3 Å². The van der Waals surface area contributed by atoms with Gasteiger partial charge in [0.1, 0.15) is 6.61 Å². The van der Waals surface area contributed by atoms with Gasteiger partial charge in [-0.25, -0.2) is 0 Å². The number of ether oxygens (including phenoxy) is 3. The molecular formula is C13H20O3. The van der Waals surface area contributed by atoms with Crippen LogP contribution in [0.25, 0.3) is 0 Å². The SMILES string of the molecule is CCOc1ccccc1OCCOC(C)C. The first-order valence-electron chi connectivity index (χ1n) is 5.70. The third-order valence-corrected chi connectivity index (χ3v) is 1.94. The standard InChI is InChI=1S/C13H20O3/c1-4-14-12-7-5-6-8-13(12)16-10-9-15-11(2)3/h5-8,11H,4,9-10H2,1-3H3. The van der Waals surface area contributed by atoms with Crippen molar-refractivity contribution in [3.8, 4) is 11.5 Å². The summed E-state index contributed by atoms with van der Waals surface area (Å²) in [6.07, 6.45) is 0.241. The van der Waals surface area contributed by atoms with Gasteiger partial charge in [-0.3, -0.25) is 0 Å². The lowest BCUT2D eigenvalue weighted by Gasteiger charge is -2.12. The summed E-state index contributed by atoms with van der Waals surface area (Å²) >= 11 is 0. The third-order valence-electron chi connectivity index (χ3n) is 1.94. The molecule has 0 unspecified atom stereocenters. The molecule has 90 valence electrons. The Bertz CT molecular complexity index is 297. The maximum absolute atomic E-state index is 5.59. The molecule has 1 rings (SSSR count). The van der Waals surface area contributed by atoms with Gasteiger partial charge in [-0.05, 0) is 32.9 Å². The minimum atomic E-state index is 0.241. The summed E-state index contributed by atoms with van der Waals surface area (Å²) in [5.41, 5.74) is 0. The molecule has 0 radical (unpaired) electrons. The minimum Gasteiger partial charge on any atom is -0.490 e. The molecular weight excluding hydrogens is 204 g/mol. The van der Waals surface area contributed by atoms with Crippen LogP contribution in [0.15, 0.2) is 24.3 Å². The number of hydrogen-bond acceptors (Lipinski definition) is 3. The molecule has 0 saturated carbocycles. The smallest absolute Gasteiger partial charge is 0.161 e. The zero-order valence-corrected chi connectivity index (χ0v) is 10.2. The topological polar surface area (TPSA) is 27.7 Å². The second-order valence-corrected chi connectivity index (χ2v) is 3.65. The third kappa shape index (κ3) is 4.53. The Morgan fingerprint density at radius 1 is 1.00 bits per heavy atom. The van der Waals surface area contributed by atoms with E-state index in [0.29, 0.717) is 19.8 Å². The Balaban J connectivity index is 2.40. The zero-order valence-electron chi connectivity index (χ0n) is 10.2. The first-order valence-corrected chi connectivity index (χ1v) is 5.70. The summed E-state index contributed by atoms with van der Waals surface area (Å²) in [7, 11) is 0. The van der Waals surface area contributed by atoms with E-state index in [9.17, 15) is 0 Å². The lowest BCUT2D eigenvalue weighted by Crippen LogP contribution is -2.11. The molecule has 16 heavy (non-hydrogen) atoms. The minimum absolute atomic E-state index is 0.241. The fraction of sp³-hybridized carbons (Fsp3) is 0.538. The van der Waals surface area contributed by atoms with Gasteiger partial charge in [-0.2, -0.15) is 0 Å². The van der Waals surface area contributed by atoms with Gasteiger partial charge in [0.2, 0.25) is 0 Å². The number of para-hydroxylation sites is 2. The number of hydrogen-bond donors (Lipinski definition) is 0. The van der Waals surface area contributed by atoms with Gasteiger partial charge in [0.05, 0.1) is 19.3 Å². The van der Waals surface area contributed by atoms with E-state index >= 15 is 0 Å². The van der Waals surface area contributed by atoms with E-state index in [2.05, 4.69) is 0 Å². The average Bonchev–Trinajstić information content (AvgIpc) is 2.26. The summed E-state index contributed by atoms with van der Waals surface area (Å²) < 4.78 is 16.4. The molecule has 0 saturated heterocycles. The lowest BCUT2D eigenvalue weighted by atomic mass is 10.3. The molecule has 0 heterocycles. The largest absolute Gasteiger partial charge is 0.490 e. The van der Waals surface area contributed by atoms with Gasteiger partial charge in [-0.15, -0.1) is 0 Å². The summed E-state index contributed by atoms with van der Waals surface area (Å²) in [6.45, 7) is 7.75.